The molecular weight excluding hydrogens is 292 g/mol. The van der Waals surface area contributed by atoms with Gasteiger partial charge in [0.1, 0.15) is 0 Å². The number of anilines is 2. The molecule has 0 fully saturated rings. The van der Waals surface area contributed by atoms with Crippen LogP contribution in [0.4, 0.5) is 11.4 Å². The second-order valence-electron chi connectivity index (χ2n) is 5.72. The lowest BCUT2D eigenvalue weighted by atomic mass is 9.98. The van der Waals surface area contributed by atoms with Crippen LogP contribution in [0, 0.1) is 0 Å². The average Bonchev–Trinajstić information content (AvgIpc) is 2.67. The topological polar surface area (TPSA) is 24.1 Å². The van der Waals surface area contributed by atoms with Gasteiger partial charge in [0.25, 0.3) is 0 Å². The minimum atomic E-state index is 1.03. The zero-order valence-electron chi connectivity index (χ0n) is 13.2. The predicted octanol–water partition coefficient (Wildman–Crippen LogP) is 5.95. The number of hydrogen-bond acceptors (Lipinski definition) is 2. The fourth-order valence-electron chi connectivity index (χ4n) is 2.88. The Balaban J connectivity index is 1.57. The lowest BCUT2D eigenvalue weighted by Crippen LogP contribution is -2.07. The van der Waals surface area contributed by atoms with E-state index in [0.717, 1.165) is 11.4 Å². The third kappa shape index (κ3) is 2.95. The molecule has 0 aliphatic heterocycles. The van der Waals surface area contributed by atoms with Gasteiger partial charge in [-0.25, -0.2) is 0 Å². The van der Waals surface area contributed by atoms with Crippen molar-refractivity contribution in [1.29, 1.82) is 0 Å². The Morgan fingerprint density at radius 3 is 1.88 bits per heavy atom. The normalized spacial score (nSPS) is 10.5. The van der Waals surface area contributed by atoms with Crippen LogP contribution in [0.1, 0.15) is 0 Å². The maximum atomic E-state index is 3.23. The number of fused-ring (bicyclic) bond motifs is 1. The summed E-state index contributed by atoms with van der Waals surface area (Å²) < 4.78 is 0. The van der Waals surface area contributed by atoms with Crippen LogP contribution in [0.15, 0.2) is 97.1 Å². The van der Waals surface area contributed by atoms with E-state index in [0.29, 0.717) is 0 Å². The Morgan fingerprint density at radius 1 is 0.458 bits per heavy atom. The van der Waals surface area contributed by atoms with E-state index in [9.17, 15) is 0 Å². The molecule has 2 nitrogen and oxygen atoms in total. The molecule has 2 heteroatoms. The minimum absolute atomic E-state index is 1.03. The van der Waals surface area contributed by atoms with E-state index in [1.165, 1.54) is 21.9 Å². The lowest BCUT2D eigenvalue weighted by Gasteiger charge is -2.11. The molecule has 0 spiro atoms. The highest BCUT2D eigenvalue weighted by Gasteiger charge is 2.03. The van der Waals surface area contributed by atoms with Crippen LogP contribution in [0.2, 0.25) is 0 Å². The van der Waals surface area contributed by atoms with Gasteiger partial charge in [0.15, 0.2) is 0 Å². The van der Waals surface area contributed by atoms with Gasteiger partial charge in [0, 0.05) is 0 Å². The number of hydrogen-bond donors (Lipinski definition) is 2. The summed E-state index contributed by atoms with van der Waals surface area (Å²) in [5.41, 5.74) is 11.0. The molecule has 0 aromatic heterocycles. The van der Waals surface area contributed by atoms with Crippen molar-refractivity contribution in [3.8, 4) is 11.1 Å². The zero-order chi connectivity index (χ0) is 16.2. The van der Waals surface area contributed by atoms with E-state index in [4.69, 9.17) is 0 Å². The number of nitrogens with one attached hydrogen (secondary N) is 2. The van der Waals surface area contributed by atoms with Crippen molar-refractivity contribution in [2.24, 2.45) is 0 Å². The van der Waals surface area contributed by atoms with Gasteiger partial charge < -0.3 is 10.9 Å². The van der Waals surface area contributed by atoms with Crippen LogP contribution in [0.25, 0.3) is 21.9 Å². The molecule has 116 valence electrons. The van der Waals surface area contributed by atoms with Crippen molar-refractivity contribution >= 4 is 22.1 Å². The molecule has 2 N–H and O–H groups in total. The summed E-state index contributed by atoms with van der Waals surface area (Å²) in [5, 5.41) is 2.55. The van der Waals surface area contributed by atoms with Gasteiger partial charge in [-0.1, -0.05) is 72.8 Å². The molecule has 0 aliphatic carbocycles. The van der Waals surface area contributed by atoms with Gasteiger partial charge in [-0.3, -0.25) is 0 Å². The summed E-state index contributed by atoms with van der Waals surface area (Å²) in [6, 6.07) is 33.5. The maximum Gasteiger partial charge on any atom is 0.0540 e. The number of rotatable bonds is 4. The quantitative estimate of drug-likeness (QED) is 0.455. The summed E-state index contributed by atoms with van der Waals surface area (Å²) in [4.78, 5) is 0. The maximum absolute atomic E-state index is 3.23. The van der Waals surface area contributed by atoms with E-state index >= 15 is 0 Å². The highest BCUT2D eigenvalue weighted by molar-refractivity contribution is 5.96. The molecule has 4 aromatic rings. The molecule has 0 atom stereocenters. The molecule has 0 aliphatic rings. The zero-order valence-corrected chi connectivity index (χ0v) is 13.2. The van der Waals surface area contributed by atoms with Gasteiger partial charge in [0.2, 0.25) is 0 Å². The molecule has 0 saturated heterocycles. The molecule has 0 amide bonds. The van der Waals surface area contributed by atoms with E-state index in [2.05, 4.69) is 77.6 Å². The van der Waals surface area contributed by atoms with E-state index < -0.39 is 0 Å². The smallest absolute Gasteiger partial charge is 0.0540 e. The number of para-hydroxylation sites is 1. The van der Waals surface area contributed by atoms with Crippen molar-refractivity contribution in [3.63, 3.8) is 0 Å². The van der Waals surface area contributed by atoms with Crippen LogP contribution < -0.4 is 10.9 Å². The summed E-state index contributed by atoms with van der Waals surface area (Å²) in [5.74, 6) is 0. The highest BCUT2D eigenvalue weighted by Crippen LogP contribution is 2.29. The van der Waals surface area contributed by atoms with Gasteiger partial charge in [-0.15, -0.1) is 0 Å². The monoisotopic (exact) mass is 310 g/mol. The van der Waals surface area contributed by atoms with E-state index in [1.807, 2.05) is 30.3 Å². The van der Waals surface area contributed by atoms with Crippen LogP contribution >= 0.6 is 0 Å². The van der Waals surface area contributed by atoms with Crippen LogP contribution in [-0.4, -0.2) is 0 Å². The number of benzene rings is 4. The predicted molar refractivity (Wildman–Crippen MR) is 103 cm³/mol. The molecule has 0 radical (unpaired) electrons. The first kappa shape index (κ1) is 14.3. The molecule has 0 unspecified atom stereocenters. The Bertz CT molecular complexity index is 939. The summed E-state index contributed by atoms with van der Waals surface area (Å²) in [7, 11) is 0. The van der Waals surface area contributed by atoms with Gasteiger partial charge in [0.05, 0.1) is 11.4 Å². The molecule has 0 heterocycles. The van der Waals surface area contributed by atoms with E-state index in [-0.39, 0.29) is 0 Å². The van der Waals surface area contributed by atoms with Gasteiger partial charge in [-0.2, -0.15) is 0 Å². The summed E-state index contributed by atoms with van der Waals surface area (Å²) in [6.45, 7) is 0. The van der Waals surface area contributed by atoms with Crippen molar-refractivity contribution in [2.75, 3.05) is 10.9 Å². The SMILES string of the molecule is c1ccc(NNc2ccc(-c3cccc4ccccc34)cc2)cc1. The molecule has 4 rings (SSSR count). The average molecular weight is 310 g/mol. The Kier molecular flexibility index (Phi) is 3.86. The first-order chi connectivity index (χ1) is 11.9. The van der Waals surface area contributed by atoms with Crippen molar-refractivity contribution in [2.45, 2.75) is 0 Å². The molecule has 24 heavy (non-hydrogen) atoms. The Morgan fingerprint density at radius 2 is 1.08 bits per heavy atom. The summed E-state index contributed by atoms with van der Waals surface area (Å²) in [6.07, 6.45) is 0. The minimum Gasteiger partial charge on any atom is -0.301 e. The lowest BCUT2D eigenvalue weighted by molar-refractivity contribution is 1.41. The first-order valence-electron chi connectivity index (χ1n) is 8.05. The molecule has 4 aromatic carbocycles. The van der Waals surface area contributed by atoms with Crippen molar-refractivity contribution < 1.29 is 0 Å². The molecular formula is C22H18N2. The van der Waals surface area contributed by atoms with Crippen molar-refractivity contribution in [3.05, 3.63) is 97.1 Å². The largest absolute Gasteiger partial charge is 0.301 e. The third-order valence-electron chi connectivity index (χ3n) is 4.11. The van der Waals surface area contributed by atoms with Gasteiger partial charge in [-0.05, 0) is 46.2 Å². The first-order valence-corrected chi connectivity index (χ1v) is 8.05. The van der Waals surface area contributed by atoms with Crippen LogP contribution in [0.5, 0.6) is 0 Å². The second kappa shape index (κ2) is 6.47. The van der Waals surface area contributed by atoms with E-state index in [1.54, 1.807) is 0 Å². The fraction of sp³-hybridized carbons (Fsp3) is 0. The standard InChI is InChI=1S/C22H18N2/c1-2-9-19(10-3-1)23-24-20-15-13-18(14-16-20)22-12-6-8-17-7-4-5-11-21(17)22/h1-16,23-24H. The van der Waals surface area contributed by atoms with Crippen molar-refractivity contribution in [1.82, 2.24) is 0 Å². The van der Waals surface area contributed by atoms with Crippen LogP contribution in [-0.2, 0) is 0 Å². The third-order valence-corrected chi connectivity index (χ3v) is 4.11. The Labute approximate surface area is 141 Å². The van der Waals surface area contributed by atoms with Gasteiger partial charge >= 0.3 is 0 Å². The van der Waals surface area contributed by atoms with Crippen LogP contribution in [0.3, 0.4) is 0 Å². The molecule has 0 bridgehead atoms. The highest BCUT2D eigenvalue weighted by atomic mass is 15.4. The Hall–Kier alpha value is -3.26. The summed E-state index contributed by atoms with van der Waals surface area (Å²) >= 11 is 0. The number of hydrazine groups is 1. The molecule has 0 saturated carbocycles. The fourth-order valence-corrected chi connectivity index (χ4v) is 2.88. The second-order valence-corrected chi connectivity index (χ2v) is 5.72.